The van der Waals surface area contributed by atoms with Crippen molar-refractivity contribution in [1.82, 2.24) is 5.32 Å². The maximum Gasteiger partial charge on any atom is 0.241 e. The Morgan fingerprint density at radius 1 is 1.24 bits per heavy atom. The number of fused-ring (bicyclic) bond motifs is 2. The Hall–Kier alpha value is -1.56. The number of benzene rings is 1. The average molecular weight is 365 g/mol. The molecule has 1 aromatic carbocycles. The first-order valence-corrected chi connectivity index (χ1v) is 11.0. The van der Waals surface area contributed by atoms with Gasteiger partial charge in [-0.15, -0.1) is 0 Å². The van der Waals surface area contributed by atoms with E-state index in [0.29, 0.717) is 11.6 Å². The Morgan fingerprint density at radius 3 is 2.52 bits per heavy atom. The second-order valence-electron chi connectivity index (χ2n) is 7.83. The molecule has 2 saturated carbocycles. The summed E-state index contributed by atoms with van der Waals surface area (Å²) in [5, 5.41) is 3.09. The molecular formula is C19H28N2O3S. The minimum absolute atomic E-state index is 0.156. The van der Waals surface area contributed by atoms with Crippen LogP contribution in [-0.4, -0.2) is 33.2 Å². The van der Waals surface area contributed by atoms with E-state index in [9.17, 15) is 13.2 Å². The van der Waals surface area contributed by atoms with Crippen LogP contribution in [0.5, 0.6) is 0 Å². The third-order valence-electron chi connectivity index (χ3n) is 5.60. The highest BCUT2D eigenvalue weighted by Crippen LogP contribution is 2.44. The highest BCUT2D eigenvalue weighted by atomic mass is 32.2. The molecule has 25 heavy (non-hydrogen) atoms. The molecule has 5 nitrogen and oxygen atoms in total. The molecule has 1 aromatic rings. The summed E-state index contributed by atoms with van der Waals surface area (Å²) in [5.41, 5.74) is 1.53. The van der Waals surface area contributed by atoms with E-state index in [1.165, 1.54) is 23.6 Å². The molecule has 3 atom stereocenters. The van der Waals surface area contributed by atoms with E-state index in [2.05, 4.69) is 5.32 Å². The Labute approximate surface area is 150 Å². The third kappa shape index (κ3) is 4.00. The molecule has 1 N–H and O–H groups in total. The number of carbonyl (C=O) groups is 1. The van der Waals surface area contributed by atoms with Gasteiger partial charge in [-0.3, -0.25) is 9.10 Å². The van der Waals surface area contributed by atoms with Crippen LogP contribution in [0.1, 0.15) is 51.0 Å². The lowest BCUT2D eigenvalue weighted by Crippen LogP contribution is -2.46. The van der Waals surface area contributed by atoms with Crippen LogP contribution >= 0.6 is 0 Å². The molecule has 0 heterocycles. The van der Waals surface area contributed by atoms with Crippen LogP contribution in [0.4, 0.5) is 5.69 Å². The van der Waals surface area contributed by atoms with Gasteiger partial charge in [-0.1, -0.05) is 38.5 Å². The van der Waals surface area contributed by atoms with Crippen LogP contribution in [0.3, 0.4) is 0 Å². The lowest BCUT2D eigenvalue weighted by molar-refractivity contribution is -0.120. The summed E-state index contributed by atoms with van der Waals surface area (Å²) in [5.74, 6) is 1.28. The molecule has 2 aliphatic rings. The van der Waals surface area contributed by atoms with Crippen molar-refractivity contribution in [1.29, 1.82) is 0 Å². The lowest BCUT2D eigenvalue weighted by Gasteiger charge is -2.28. The Bertz CT molecular complexity index is 745. The highest BCUT2D eigenvalue weighted by molar-refractivity contribution is 7.92. The fraction of sp³-hybridized carbons (Fsp3) is 0.632. The van der Waals surface area contributed by atoms with Gasteiger partial charge < -0.3 is 5.32 Å². The van der Waals surface area contributed by atoms with Gasteiger partial charge >= 0.3 is 0 Å². The molecule has 2 bridgehead atoms. The monoisotopic (exact) mass is 364 g/mol. The zero-order valence-corrected chi connectivity index (χ0v) is 16.1. The average Bonchev–Trinajstić information content (AvgIpc) is 3.14. The van der Waals surface area contributed by atoms with Crippen LogP contribution in [0.2, 0.25) is 0 Å². The van der Waals surface area contributed by atoms with Crippen LogP contribution in [0, 0.1) is 11.8 Å². The van der Waals surface area contributed by atoms with Gasteiger partial charge in [-0.25, -0.2) is 8.42 Å². The van der Waals surface area contributed by atoms with Gasteiger partial charge in [0.15, 0.2) is 0 Å². The van der Waals surface area contributed by atoms with Gasteiger partial charge in [-0.05, 0) is 48.6 Å². The largest absolute Gasteiger partial charge is 0.352 e. The van der Waals surface area contributed by atoms with Crippen molar-refractivity contribution >= 4 is 21.6 Å². The summed E-state index contributed by atoms with van der Waals surface area (Å²) in [7, 11) is -3.54. The normalized spacial score (nSPS) is 25.4. The van der Waals surface area contributed by atoms with E-state index in [0.717, 1.165) is 24.2 Å². The van der Waals surface area contributed by atoms with Gasteiger partial charge in [0.25, 0.3) is 0 Å². The van der Waals surface area contributed by atoms with E-state index >= 15 is 0 Å². The van der Waals surface area contributed by atoms with Crippen LogP contribution in [-0.2, 0) is 14.8 Å². The van der Waals surface area contributed by atoms with Crippen molar-refractivity contribution in [3.63, 3.8) is 0 Å². The predicted octanol–water partition coefficient (Wildman–Crippen LogP) is 2.88. The molecule has 0 spiro atoms. The zero-order valence-electron chi connectivity index (χ0n) is 15.2. The van der Waals surface area contributed by atoms with Crippen molar-refractivity contribution < 1.29 is 13.2 Å². The molecule has 6 heteroatoms. The van der Waals surface area contributed by atoms with Crippen LogP contribution < -0.4 is 9.62 Å². The number of para-hydroxylation sites is 1. The van der Waals surface area contributed by atoms with Gasteiger partial charge in [0.05, 0.1) is 11.9 Å². The molecule has 0 radical (unpaired) electrons. The van der Waals surface area contributed by atoms with E-state index in [-0.39, 0.29) is 24.4 Å². The molecule has 0 aromatic heterocycles. The second-order valence-corrected chi connectivity index (χ2v) is 9.74. The van der Waals surface area contributed by atoms with Gasteiger partial charge in [-0.2, -0.15) is 0 Å². The zero-order chi connectivity index (χ0) is 18.2. The van der Waals surface area contributed by atoms with E-state index < -0.39 is 10.0 Å². The van der Waals surface area contributed by atoms with Gasteiger partial charge in [0.1, 0.15) is 6.54 Å². The minimum Gasteiger partial charge on any atom is -0.352 e. The number of rotatable bonds is 6. The molecule has 2 aliphatic carbocycles. The van der Waals surface area contributed by atoms with Gasteiger partial charge in [0.2, 0.25) is 15.9 Å². The van der Waals surface area contributed by atoms with Crippen molar-refractivity contribution in [2.75, 3.05) is 17.1 Å². The molecule has 2 fully saturated rings. The SMILES string of the molecule is CC(C)c1ccccc1N(CC(=O)NC1CC2CCC1C2)S(C)(=O)=O. The Balaban J connectivity index is 1.77. The third-order valence-corrected chi connectivity index (χ3v) is 6.73. The van der Waals surface area contributed by atoms with Crippen molar-refractivity contribution in [3.8, 4) is 0 Å². The molecule has 3 rings (SSSR count). The summed E-state index contributed by atoms with van der Waals surface area (Å²) in [6.07, 6.45) is 5.86. The predicted molar refractivity (Wildman–Crippen MR) is 100 cm³/mol. The smallest absolute Gasteiger partial charge is 0.241 e. The molecule has 138 valence electrons. The van der Waals surface area contributed by atoms with Crippen LogP contribution in [0.25, 0.3) is 0 Å². The number of hydrogen-bond acceptors (Lipinski definition) is 3. The summed E-state index contributed by atoms with van der Waals surface area (Å²) >= 11 is 0. The number of amides is 1. The number of hydrogen-bond donors (Lipinski definition) is 1. The summed E-state index contributed by atoms with van der Waals surface area (Å²) in [6, 6.07) is 7.63. The molecular weight excluding hydrogens is 336 g/mol. The first-order valence-electron chi connectivity index (χ1n) is 9.11. The molecule has 0 saturated heterocycles. The Morgan fingerprint density at radius 2 is 1.96 bits per heavy atom. The minimum atomic E-state index is -3.54. The number of carbonyl (C=O) groups excluding carboxylic acids is 1. The van der Waals surface area contributed by atoms with Gasteiger partial charge in [0, 0.05) is 6.04 Å². The number of sulfonamides is 1. The molecule has 0 aliphatic heterocycles. The lowest BCUT2D eigenvalue weighted by atomic mass is 9.95. The number of anilines is 1. The second kappa shape index (κ2) is 6.98. The fourth-order valence-corrected chi connectivity index (χ4v) is 5.26. The first kappa shape index (κ1) is 18.2. The van der Waals surface area contributed by atoms with Crippen molar-refractivity contribution in [3.05, 3.63) is 29.8 Å². The van der Waals surface area contributed by atoms with Crippen molar-refractivity contribution in [2.24, 2.45) is 11.8 Å². The topological polar surface area (TPSA) is 66.5 Å². The number of nitrogens with one attached hydrogen (secondary N) is 1. The summed E-state index contributed by atoms with van der Waals surface area (Å²) in [4.78, 5) is 12.6. The Kier molecular flexibility index (Phi) is 5.09. The molecule has 1 amide bonds. The van der Waals surface area contributed by atoms with E-state index in [1.807, 2.05) is 32.0 Å². The van der Waals surface area contributed by atoms with Crippen LogP contribution in [0.15, 0.2) is 24.3 Å². The molecule has 3 unspecified atom stereocenters. The number of nitrogens with zero attached hydrogens (tertiary/aromatic N) is 1. The maximum atomic E-state index is 12.6. The fourth-order valence-electron chi connectivity index (χ4n) is 4.39. The first-order chi connectivity index (χ1) is 11.8. The quantitative estimate of drug-likeness (QED) is 0.844. The maximum absolute atomic E-state index is 12.6. The summed E-state index contributed by atoms with van der Waals surface area (Å²) < 4.78 is 25.9. The van der Waals surface area contributed by atoms with E-state index in [1.54, 1.807) is 6.07 Å². The standard InChI is InChI=1S/C19H28N2O3S/c1-13(2)16-6-4-5-7-18(16)21(25(3,23)24)12-19(22)20-17-11-14-8-9-15(17)10-14/h4-7,13-15,17H,8-12H2,1-3H3,(H,20,22). The highest BCUT2D eigenvalue weighted by Gasteiger charge is 2.40. The van der Waals surface area contributed by atoms with E-state index in [4.69, 9.17) is 0 Å². The van der Waals surface area contributed by atoms with Crippen molar-refractivity contribution in [2.45, 2.75) is 51.5 Å². The summed E-state index contributed by atoms with van der Waals surface area (Å²) in [6.45, 7) is 3.89.